The monoisotopic (exact) mass is 330 g/mol. The van der Waals surface area contributed by atoms with Crippen molar-refractivity contribution >= 4 is 11.8 Å². The number of benzene rings is 1. The summed E-state index contributed by atoms with van der Waals surface area (Å²) in [7, 11) is 1.69. The SMILES string of the molecule is CC(=O)N[C@@H](Cc1ccc(O)cc1)C(=O)N(C)Cc1ccoc1C. The van der Waals surface area contributed by atoms with Gasteiger partial charge in [-0.1, -0.05) is 12.1 Å². The van der Waals surface area contributed by atoms with Crippen LogP contribution in [0.15, 0.2) is 41.0 Å². The predicted octanol–water partition coefficient (Wildman–Crippen LogP) is 2.00. The van der Waals surface area contributed by atoms with E-state index in [2.05, 4.69) is 5.32 Å². The van der Waals surface area contributed by atoms with Crippen LogP contribution in [-0.4, -0.2) is 34.9 Å². The van der Waals surface area contributed by atoms with E-state index in [-0.39, 0.29) is 17.6 Å². The molecule has 0 aliphatic rings. The Morgan fingerprint density at radius 1 is 1.25 bits per heavy atom. The summed E-state index contributed by atoms with van der Waals surface area (Å²) in [5, 5.41) is 12.1. The van der Waals surface area contributed by atoms with Crippen LogP contribution in [0.5, 0.6) is 5.75 Å². The molecule has 2 rings (SSSR count). The Kier molecular flexibility index (Phi) is 5.63. The maximum Gasteiger partial charge on any atom is 0.245 e. The number of hydrogen-bond donors (Lipinski definition) is 2. The summed E-state index contributed by atoms with van der Waals surface area (Å²) in [6, 6.07) is 7.75. The second-order valence-corrected chi connectivity index (χ2v) is 5.82. The maximum absolute atomic E-state index is 12.7. The lowest BCUT2D eigenvalue weighted by molar-refractivity contribution is -0.135. The van der Waals surface area contributed by atoms with Crippen molar-refractivity contribution < 1.29 is 19.1 Å². The molecule has 0 fully saturated rings. The molecule has 0 bridgehead atoms. The normalized spacial score (nSPS) is 11.8. The van der Waals surface area contributed by atoms with Gasteiger partial charge in [-0.2, -0.15) is 0 Å². The molecule has 1 aromatic heterocycles. The van der Waals surface area contributed by atoms with Crippen molar-refractivity contribution in [2.45, 2.75) is 32.9 Å². The van der Waals surface area contributed by atoms with E-state index in [0.29, 0.717) is 13.0 Å². The number of furan rings is 1. The molecule has 1 atom stereocenters. The largest absolute Gasteiger partial charge is 0.508 e. The highest BCUT2D eigenvalue weighted by Gasteiger charge is 2.24. The second-order valence-electron chi connectivity index (χ2n) is 5.82. The Morgan fingerprint density at radius 3 is 2.46 bits per heavy atom. The lowest BCUT2D eigenvalue weighted by Crippen LogP contribution is -2.47. The number of likely N-dealkylation sites (N-methyl/N-ethyl adjacent to an activating group) is 1. The van der Waals surface area contributed by atoms with Gasteiger partial charge in [-0.15, -0.1) is 0 Å². The average Bonchev–Trinajstić information content (AvgIpc) is 2.92. The molecule has 0 aliphatic heterocycles. The zero-order chi connectivity index (χ0) is 17.7. The van der Waals surface area contributed by atoms with Crippen molar-refractivity contribution in [1.29, 1.82) is 0 Å². The van der Waals surface area contributed by atoms with Crippen molar-refractivity contribution in [3.05, 3.63) is 53.5 Å². The third-order valence-corrected chi connectivity index (χ3v) is 3.80. The quantitative estimate of drug-likeness (QED) is 0.849. The minimum Gasteiger partial charge on any atom is -0.508 e. The molecule has 128 valence electrons. The van der Waals surface area contributed by atoms with E-state index in [4.69, 9.17) is 4.42 Å². The van der Waals surface area contributed by atoms with Crippen molar-refractivity contribution in [3.63, 3.8) is 0 Å². The molecule has 0 saturated heterocycles. The number of aromatic hydroxyl groups is 1. The number of carbonyl (C=O) groups is 2. The molecule has 1 heterocycles. The van der Waals surface area contributed by atoms with Crippen LogP contribution in [0.2, 0.25) is 0 Å². The third kappa shape index (κ3) is 4.62. The molecule has 1 aromatic carbocycles. The second kappa shape index (κ2) is 7.68. The van der Waals surface area contributed by atoms with Crippen LogP contribution in [0, 0.1) is 6.92 Å². The summed E-state index contributed by atoms with van der Waals surface area (Å²) < 4.78 is 5.25. The number of nitrogens with one attached hydrogen (secondary N) is 1. The summed E-state index contributed by atoms with van der Waals surface area (Å²) in [5.41, 5.74) is 1.78. The van der Waals surface area contributed by atoms with Gasteiger partial charge in [-0.3, -0.25) is 9.59 Å². The molecular weight excluding hydrogens is 308 g/mol. The van der Waals surface area contributed by atoms with Gasteiger partial charge in [-0.25, -0.2) is 0 Å². The van der Waals surface area contributed by atoms with Gasteiger partial charge < -0.3 is 19.7 Å². The van der Waals surface area contributed by atoms with Gasteiger partial charge >= 0.3 is 0 Å². The highest BCUT2D eigenvalue weighted by molar-refractivity contribution is 5.87. The summed E-state index contributed by atoms with van der Waals surface area (Å²) in [5.74, 6) is 0.483. The molecule has 0 radical (unpaired) electrons. The lowest BCUT2D eigenvalue weighted by atomic mass is 10.0. The standard InChI is InChI=1S/C18H22N2O4/c1-12-15(8-9-24-12)11-20(3)18(23)17(19-13(2)21)10-14-4-6-16(22)7-5-14/h4-9,17,22H,10-11H2,1-3H3,(H,19,21)/t17-/m0/s1. The van der Waals surface area contributed by atoms with Crippen LogP contribution >= 0.6 is 0 Å². The van der Waals surface area contributed by atoms with Crippen molar-refractivity contribution in [3.8, 4) is 5.75 Å². The van der Waals surface area contributed by atoms with Crippen LogP contribution in [-0.2, 0) is 22.6 Å². The molecule has 0 unspecified atom stereocenters. The summed E-state index contributed by atoms with van der Waals surface area (Å²) in [6.07, 6.45) is 1.94. The molecule has 2 N–H and O–H groups in total. The molecular formula is C18H22N2O4. The molecule has 2 aromatic rings. The number of nitrogens with zero attached hydrogens (tertiary/aromatic N) is 1. The number of aryl methyl sites for hydroxylation is 1. The predicted molar refractivity (Wildman–Crippen MR) is 89.3 cm³/mol. The smallest absolute Gasteiger partial charge is 0.245 e. The number of hydrogen-bond acceptors (Lipinski definition) is 4. The van der Waals surface area contributed by atoms with Gasteiger partial charge in [0, 0.05) is 32.5 Å². The zero-order valence-electron chi connectivity index (χ0n) is 14.1. The van der Waals surface area contributed by atoms with Crippen LogP contribution in [0.3, 0.4) is 0 Å². The van der Waals surface area contributed by atoms with Crippen molar-refractivity contribution in [2.75, 3.05) is 7.05 Å². The number of amides is 2. The first kappa shape index (κ1) is 17.6. The van der Waals surface area contributed by atoms with Gasteiger partial charge in [0.15, 0.2) is 0 Å². The van der Waals surface area contributed by atoms with E-state index in [0.717, 1.165) is 16.9 Å². The average molecular weight is 330 g/mol. The Bertz CT molecular complexity index is 706. The van der Waals surface area contributed by atoms with Gasteiger partial charge in [0.05, 0.1) is 6.26 Å². The van der Waals surface area contributed by atoms with E-state index >= 15 is 0 Å². The summed E-state index contributed by atoms with van der Waals surface area (Å²) >= 11 is 0. The van der Waals surface area contributed by atoms with E-state index in [1.807, 2.05) is 13.0 Å². The lowest BCUT2D eigenvalue weighted by Gasteiger charge is -2.24. The van der Waals surface area contributed by atoms with E-state index < -0.39 is 6.04 Å². The topological polar surface area (TPSA) is 82.8 Å². The van der Waals surface area contributed by atoms with Crippen LogP contribution < -0.4 is 5.32 Å². The Morgan fingerprint density at radius 2 is 1.92 bits per heavy atom. The fourth-order valence-electron chi connectivity index (χ4n) is 2.49. The van der Waals surface area contributed by atoms with Crippen LogP contribution in [0.1, 0.15) is 23.8 Å². The summed E-state index contributed by atoms with van der Waals surface area (Å²) in [4.78, 5) is 25.7. The molecule has 0 aliphatic carbocycles. The number of rotatable bonds is 6. The molecule has 0 spiro atoms. The highest BCUT2D eigenvalue weighted by Crippen LogP contribution is 2.14. The number of phenolic OH excluding ortho intramolecular Hbond substituents is 1. The van der Waals surface area contributed by atoms with Crippen molar-refractivity contribution in [2.24, 2.45) is 0 Å². The first-order valence-electron chi connectivity index (χ1n) is 7.69. The van der Waals surface area contributed by atoms with Gasteiger partial charge in [0.1, 0.15) is 17.6 Å². The molecule has 6 nitrogen and oxygen atoms in total. The zero-order valence-corrected chi connectivity index (χ0v) is 14.1. The van der Waals surface area contributed by atoms with Crippen LogP contribution in [0.4, 0.5) is 0 Å². The van der Waals surface area contributed by atoms with Gasteiger partial charge in [-0.05, 0) is 30.7 Å². The Labute approximate surface area is 141 Å². The third-order valence-electron chi connectivity index (χ3n) is 3.80. The fraction of sp³-hybridized carbons (Fsp3) is 0.333. The minimum atomic E-state index is -0.663. The fourth-order valence-corrected chi connectivity index (χ4v) is 2.49. The number of phenols is 1. The highest BCUT2D eigenvalue weighted by atomic mass is 16.3. The van der Waals surface area contributed by atoms with Gasteiger partial charge in [0.2, 0.25) is 11.8 Å². The Balaban J connectivity index is 2.10. The van der Waals surface area contributed by atoms with Gasteiger partial charge in [0.25, 0.3) is 0 Å². The van der Waals surface area contributed by atoms with Crippen molar-refractivity contribution in [1.82, 2.24) is 10.2 Å². The van der Waals surface area contributed by atoms with E-state index in [9.17, 15) is 14.7 Å². The first-order chi connectivity index (χ1) is 11.4. The van der Waals surface area contributed by atoms with Crippen LogP contribution in [0.25, 0.3) is 0 Å². The number of carbonyl (C=O) groups excluding carboxylic acids is 2. The van der Waals surface area contributed by atoms with E-state index in [1.165, 1.54) is 6.92 Å². The molecule has 0 saturated carbocycles. The molecule has 24 heavy (non-hydrogen) atoms. The Hall–Kier alpha value is -2.76. The van der Waals surface area contributed by atoms with E-state index in [1.54, 1.807) is 42.5 Å². The minimum absolute atomic E-state index is 0.161. The molecule has 6 heteroatoms. The maximum atomic E-state index is 12.7. The molecule has 2 amide bonds. The summed E-state index contributed by atoms with van der Waals surface area (Å²) in [6.45, 7) is 3.64. The first-order valence-corrected chi connectivity index (χ1v) is 7.69.